The van der Waals surface area contributed by atoms with Crippen molar-refractivity contribution < 1.29 is 4.79 Å². The van der Waals surface area contributed by atoms with Crippen molar-refractivity contribution in [3.05, 3.63) is 97.8 Å². The van der Waals surface area contributed by atoms with Crippen LogP contribution in [-0.2, 0) is 17.9 Å². The predicted molar refractivity (Wildman–Crippen MR) is 110 cm³/mol. The molecule has 2 aromatic carbocycles. The Morgan fingerprint density at radius 2 is 1.68 bits per heavy atom. The monoisotopic (exact) mass is 377 g/mol. The molecule has 28 heavy (non-hydrogen) atoms. The zero-order chi connectivity index (χ0) is 20.3. The van der Waals surface area contributed by atoms with Crippen molar-refractivity contribution in [2.24, 2.45) is 0 Å². The summed E-state index contributed by atoms with van der Waals surface area (Å²) >= 11 is 0. The third kappa shape index (κ3) is 4.28. The zero-order valence-electron chi connectivity index (χ0n) is 16.2. The van der Waals surface area contributed by atoms with Gasteiger partial charge in [-0.2, -0.15) is 0 Å². The van der Waals surface area contributed by atoms with Crippen LogP contribution in [-0.4, -0.2) is 15.0 Å². The van der Waals surface area contributed by atoms with Crippen LogP contribution in [0, 0.1) is 20.8 Å². The van der Waals surface area contributed by atoms with Gasteiger partial charge in [0.15, 0.2) is 0 Å². The first-order valence-electron chi connectivity index (χ1n) is 9.07. The number of nitrogens with one attached hydrogen (secondary N) is 1. The maximum absolute atomic E-state index is 12.7. The van der Waals surface area contributed by atoms with Crippen LogP contribution in [0.4, 0.5) is 5.69 Å². The summed E-state index contributed by atoms with van der Waals surface area (Å²) in [4.78, 5) is 37.3. The van der Waals surface area contributed by atoms with Crippen molar-refractivity contribution in [2.75, 3.05) is 5.32 Å². The fourth-order valence-corrected chi connectivity index (χ4v) is 2.93. The summed E-state index contributed by atoms with van der Waals surface area (Å²) in [5.74, 6) is -0.416. The summed E-state index contributed by atoms with van der Waals surface area (Å²) < 4.78 is 2.38. The Balaban J connectivity index is 1.82. The van der Waals surface area contributed by atoms with Crippen molar-refractivity contribution in [3.8, 4) is 0 Å². The average Bonchev–Trinajstić information content (AvgIpc) is 2.66. The van der Waals surface area contributed by atoms with E-state index in [0.717, 1.165) is 26.8 Å². The van der Waals surface area contributed by atoms with E-state index in [-0.39, 0.29) is 6.54 Å². The van der Waals surface area contributed by atoms with Gasteiger partial charge in [0, 0.05) is 18.0 Å². The fourth-order valence-electron chi connectivity index (χ4n) is 2.93. The number of aromatic nitrogens is 2. The standard InChI is InChI=1S/C22H23N3O3/c1-15-7-9-18(10-8-15)13-24-12-11-21(27)25(22(24)28)14-20(26)23-19-6-4-5-16(2)17(19)3/h4-12H,13-14H2,1-3H3,(H,23,26). The molecule has 3 rings (SSSR count). The van der Waals surface area contributed by atoms with Gasteiger partial charge in [-0.3, -0.25) is 18.7 Å². The van der Waals surface area contributed by atoms with Gasteiger partial charge in [-0.25, -0.2) is 4.79 Å². The molecule has 0 bridgehead atoms. The molecule has 0 saturated heterocycles. The van der Waals surface area contributed by atoms with Gasteiger partial charge in [-0.15, -0.1) is 0 Å². The number of carbonyl (C=O) groups excluding carboxylic acids is 1. The molecule has 0 radical (unpaired) electrons. The summed E-state index contributed by atoms with van der Waals surface area (Å²) in [6, 6.07) is 14.7. The molecule has 1 amide bonds. The normalized spacial score (nSPS) is 10.7. The molecule has 0 aliphatic heterocycles. The third-order valence-corrected chi connectivity index (χ3v) is 4.79. The lowest BCUT2D eigenvalue weighted by atomic mass is 10.1. The van der Waals surface area contributed by atoms with Gasteiger partial charge in [0.25, 0.3) is 5.56 Å². The molecular formula is C22H23N3O3. The molecule has 0 unspecified atom stereocenters. The Kier molecular flexibility index (Phi) is 5.59. The molecule has 0 aliphatic rings. The second-order valence-electron chi connectivity index (χ2n) is 6.93. The van der Waals surface area contributed by atoms with E-state index in [9.17, 15) is 14.4 Å². The van der Waals surface area contributed by atoms with Crippen LogP contribution in [0.1, 0.15) is 22.3 Å². The smallest absolute Gasteiger partial charge is 0.324 e. The van der Waals surface area contributed by atoms with E-state index in [4.69, 9.17) is 0 Å². The molecular weight excluding hydrogens is 354 g/mol. The van der Waals surface area contributed by atoms with Crippen molar-refractivity contribution in [2.45, 2.75) is 33.9 Å². The molecule has 1 aromatic heterocycles. The topological polar surface area (TPSA) is 73.1 Å². The third-order valence-electron chi connectivity index (χ3n) is 4.79. The summed E-state index contributed by atoms with van der Waals surface area (Å²) in [5, 5.41) is 2.78. The molecule has 0 fully saturated rings. The number of hydrogen-bond donors (Lipinski definition) is 1. The van der Waals surface area contributed by atoms with Crippen molar-refractivity contribution in [1.82, 2.24) is 9.13 Å². The average molecular weight is 377 g/mol. The minimum atomic E-state index is -0.510. The molecule has 0 spiro atoms. The van der Waals surface area contributed by atoms with Gasteiger partial charge in [0.05, 0.1) is 6.54 Å². The molecule has 6 nitrogen and oxygen atoms in total. The predicted octanol–water partition coefficient (Wildman–Crippen LogP) is 2.62. The lowest BCUT2D eigenvalue weighted by molar-refractivity contribution is -0.116. The first kappa shape index (κ1) is 19.4. The van der Waals surface area contributed by atoms with Gasteiger partial charge < -0.3 is 5.32 Å². The Hall–Kier alpha value is -3.41. The minimum absolute atomic E-state index is 0.331. The quantitative estimate of drug-likeness (QED) is 0.743. The Labute approximate surface area is 163 Å². The number of aryl methyl sites for hydroxylation is 2. The van der Waals surface area contributed by atoms with E-state index in [0.29, 0.717) is 12.2 Å². The number of rotatable bonds is 5. The van der Waals surface area contributed by atoms with E-state index in [2.05, 4.69) is 5.32 Å². The molecule has 144 valence electrons. The lowest BCUT2D eigenvalue weighted by Gasteiger charge is -2.12. The molecule has 3 aromatic rings. The zero-order valence-corrected chi connectivity index (χ0v) is 16.2. The van der Waals surface area contributed by atoms with Gasteiger partial charge >= 0.3 is 5.69 Å². The van der Waals surface area contributed by atoms with Crippen LogP contribution in [0.5, 0.6) is 0 Å². The molecule has 0 saturated carbocycles. The van der Waals surface area contributed by atoms with Crippen molar-refractivity contribution >= 4 is 11.6 Å². The first-order chi connectivity index (χ1) is 13.3. The number of anilines is 1. The van der Waals surface area contributed by atoms with Gasteiger partial charge in [0.1, 0.15) is 6.54 Å². The van der Waals surface area contributed by atoms with Crippen LogP contribution in [0.15, 0.2) is 64.3 Å². The minimum Gasteiger partial charge on any atom is -0.324 e. The van der Waals surface area contributed by atoms with Gasteiger partial charge in [0.2, 0.25) is 5.91 Å². The number of hydrogen-bond acceptors (Lipinski definition) is 3. The maximum atomic E-state index is 12.7. The highest BCUT2D eigenvalue weighted by Crippen LogP contribution is 2.17. The molecule has 0 atom stereocenters. The second kappa shape index (κ2) is 8.08. The number of amides is 1. The fraction of sp³-hybridized carbons (Fsp3) is 0.227. The SMILES string of the molecule is Cc1ccc(Cn2ccc(=O)n(CC(=O)Nc3cccc(C)c3C)c2=O)cc1. The Morgan fingerprint density at radius 3 is 2.39 bits per heavy atom. The van der Waals surface area contributed by atoms with E-state index in [1.54, 1.807) is 6.07 Å². The Morgan fingerprint density at radius 1 is 0.964 bits per heavy atom. The van der Waals surface area contributed by atoms with Crippen LogP contribution in [0.3, 0.4) is 0 Å². The largest absolute Gasteiger partial charge is 0.331 e. The highest BCUT2D eigenvalue weighted by Gasteiger charge is 2.12. The Bertz CT molecular complexity index is 1120. The van der Waals surface area contributed by atoms with Crippen molar-refractivity contribution in [1.29, 1.82) is 0 Å². The van der Waals surface area contributed by atoms with E-state index in [1.807, 2.05) is 57.2 Å². The molecule has 6 heteroatoms. The van der Waals surface area contributed by atoms with Crippen LogP contribution < -0.4 is 16.6 Å². The summed E-state index contributed by atoms with van der Waals surface area (Å²) in [6.07, 6.45) is 1.46. The van der Waals surface area contributed by atoms with E-state index < -0.39 is 17.2 Å². The molecule has 1 heterocycles. The van der Waals surface area contributed by atoms with Gasteiger partial charge in [-0.05, 0) is 43.5 Å². The number of benzene rings is 2. The second-order valence-corrected chi connectivity index (χ2v) is 6.93. The van der Waals surface area contributed by atoms with Crippen LogP contribution in [0.25, 0.3) is 0 Å². The highest BCUT2D eigenvalue weighted by atomic mass is 16.2. The first-order valence-corrected chi connectivity index (χ1v) is 9.07. The number of carbonyl (C=O) groups is 1. The summed E-state index contributed by atoms with van der Waals surface area (Å²) in [5.41, 5.74) is 3.74. The lowest BCUT2D eigenvalue weighted by Crippen LogP contribution is -2.41. The van der Waals surface area contributed by atoms with E-state index in [1.165, 1.54) is 16.8 Å². The highest BCUT2D eigenvalue weighted by molar-refractivity contribution is 5.91. The van der Waals surface area contributed by atoms with Crippen LogP contribution in [0.2, 0.25) is 0 Å². The van der Waals surface area contributed by atoms with Gasteiger partial charge in [-0.1, -0.05) is 42.0 Å². The summed E-state index contributed by atoms with van der Waals surface area (Å²) in [7, 11) is 0. The molecule has 1 N–H and O–H groups in total. The summed E-state index contributed by atoms with van der Waals surface area (Å²) in [6.45, 7) is 5.85. The maximum Gasteiger partial charge on any atom is 0.331 e. The number of nitrogens with zero attached hydrogens (tertiary/aromatic N) is 2. The molecule has 0 aliphatic carbocycles. The van der Waals surface area contributed by atoms with Crippen molar-refractivity contribution in [3.63, 3.8) is 0 Å². The van der Waals surface area contributed by atoms with Crippen LogP contribution >= 0.6 is 0 Å². The van der Waals surface area contributed by atoms with E-state index >= 15 is 0 Å².